The number of aliphatic hydroxyl groups is 7. The Balaban J connectivity index is 1.75. The molecule has 7 N–H and O–H groups in total. The summed E-state index contributed by atoms with van der Waals surface area (Å²) >= 11 is 0. The van der Waals surface area contributed by atoms with E-state index in [0.717, 1.165) is 57.8 Å². The zero-order valence-corrected chi connectivity index (χ0v) is 43.3. The van der Waals surface area contributed by atoms with Crippen LogP contribution in [0.5, 0.6) is 0 Å². The molecule has 2 heterocycles. The summed E-state index contributed by atoms with van der Waals surface area (Å²) in [6, 6.07) is 0. The molecule has 70 heavy (non-hydrogen) atoms. The largest absolute Gasteiger partial charge is 0.462 e. The summed E-state index contributed by atoms with van der Waals surface area (Å²) in [5, 5.41) is 72.1. The smallest absolute Gasteiger partial charge is 0.306 e. The van der Waals surface area contributed by atoms with E-state index in [2.05, 4.69) is 26.0 Å². The van der Waals surface area contributed by atoms with Gasteiger partial charge in [0.1, 0.15) is 55.4 Å². The number of unbranched alkanes of at least 4 members (excludes halogenated alkanes) is 25. The predicted octanol–water partition coefficient (Wildman–Crippen LogP) is 8.49. The molecule has 2 saturated heterocycles. The van der Waals surface area contributed by atoms with E-state index in [-0.39, 0.29) is 26.1 Å². The topological polar surface area (TPSA) is 231 Å². The van der Waals surface area contributed by atoms with Crippen LogP contribution in [0.2, 0.25) is 0 Å². The van der Waals surface area contributed by atoms with Gasteiger partial charge in [0.15, 0.2) is 18.7 Å². The van der Waals surface area contributed by atoms with Crippen molar-refractivity contribution in [1.82, 2.24) is 0 Å². The number of carbonyl (C=O) groups is 2. The number of carbonyl (C=O) groups excluding carboxylic acids is 2. The van der Waals surface area contributed by atoms with Gasteiger partial charge in [-0.25, -0.2) is 0 Å². The van der Waals surface area contributed by atoms with Crippen molar-refractivity contribution in [2.75, 3.05) is 26.4 Å². The Bertz CT molecular complexity index is 1360. The molecule has 0 spiro atoms. The molecule has 11 atom stereocenters. The van der Waals surface area contributed by atoms with E-state index in [1.165, 1.54) is 109 Å². The van der Waals surface area contributed by atoms with Crippen LogP contribution in [0.25, 0.3) is 0 Å². The highest BCUT2D eigenvalue weighted by atomic mass is 16.7. The average molecular weight is 999 g/mol. The van der Waals surface area contributed by atoms with Gasteiger partial charge < -0.3 is 64.2 Å². The van der Waals surface area contributed by atoms with E-state index in [1.807, 2.05) is 24.3 Å². The van der Waals surface area contributed by atoms with Crippen molar-refractivity contribution in [2.24, 2.45) is 0 Å². The van der Waals surface area contributed by atoms with Gasteiger partial charge in [0.25, 0.3) is 0 Å². The van der Waals surface area contributed by atoms with E-state index in [1.54, 1.807) is 0 Å². The summed E-state index contributed by atoms with van der Waals surface area (Å²) in [4.78, 5) is 25.8. The molecule has 2 aliphatic rings. The van der Waals surface area contributed by atoms with Gasteiger partial charge >= 0.3 is 11.9 Å². The quantitative estimate of drug-likeness (QED) is 0.0173. The fraction of sp³-hybridized carbons (Fsp3) is 0.855. The van der Waals surface area contributed by atoms with Crippen molar-refractivity contribution in [3.8, 4) is 0 Å². The Morgan fingerprint density at radius 3 is 1.40 bits per heavy atom. The molecule has 408 valence electrons. The number of hydrogen-bond donors (Lipinski definition) is 7. The van der Waals surface area contributed by atoms with Crippen molar-refractivity contribution in [2.45, 2.75) is 274 Å². The summed E-state index contributed by atoms with van der Waals surface area (Å²) in [5.74, 6) is -0.942. The maximum Gasteiger partial charge on any atom is 0.306 e. The van der Waals surface area contributed by atoms with E-state index in [4.69, 9.17) is 28.4 Å². The van der Waals surface area contributed by atoms with Gasteiger partial charge in [-0.1, -0.05) is 198 Å². The number of aliphatic hydroxyl groups excluding tert-OH is 7. The van der Waals surface area contributed by atoms with Crippen LogP contribution in [0, 0.1) is 0 Å². The highest BCUT2D eigenvalue weighted by Gasteiger charge is 2.47. The second-order valence-corrected chi connectivity index (χ2v) is 19.5. The van der Waals surface area contributed by atoms with Gasteiger partial charge in [-0.2, -0.15) is 0 Å². The molecule has 5 unspecified atom stereocenters. The fourth-order valence-corrected chi connectivity index (χ4v) is 8.69. The molecule has 0 aliphatic carbocycles. The van der Waals surface area contributed by atoms with E-state index < -0.39 is 92.7 Å². The number of ether oxygens (including phenoxy) is 6. The van der Waals surface area contributed by atoms with E-state index >= 15 is 0 Å². The molecule has 0 aromatic rings. The number of hydrogen-bond acceptors (Lipinski definition) is 15. The third kappa shape index (κ3) is 29.4. The third-order valence-electron chi connectivity index (χ3n) is 13.2. The minimum absolute atomic E-state index is 0.144. The highest BCUT2D eigenvalue weighted by Crippen LogP contribution is 2.27. The van der Waals surface area contributed by atoms with Crippen LogP contribution in [0.3, 0.4) is 0 Å². The predicted molar refractivity (Wildman–Crippen MR) is 270 cm³/mol. The molecule has 2 rings (SSSR count). The molecule has 0 saturated carbocycles. The molecule has 0 aromatic carbocycles. The summed E-state index contributed by atoms with van der Waals surface area (Å²) < 4.78 is 33.6. The van der Waals surface area contributed by atoms with Crippen LogP contribution in [-0.4, -0.2) is 142 Å². The lowest BCUT2D eigenvalue weighted by Crippen LogP contribution is -2.61. The Morgan fingerprint density at radius 1 is 0.471 bits per heavy atom. The first kappa shape index (κ1) is 63.8. The average Bonchev–Trinajstić information content (AvgIpc) is 3.35. The first-order valence-corrected chi connectivity index (χ1v) is 27.6. The summed E-state index contributed by atoms with van der Waals surface area (Å²) in [5.41, 5.74) is 0. The van der Waals surface area contributed by atoms with Crippen molar-refractivity contribution in [3.05, 3.63) is 36.5 Å². The molecule has 15 nitrogen and oxygen atoms in total. The minimum atomic E-state index is -1.77. The van der Waals surface area contributed by atoms with Gasteiger partial charge in [0.05, 0.1) is 19.8 Å². The Labute approximate surface area is 421 Å². The first-order chi connectivity index (χ1) is 34.0. The molecule has 0 bridgehead atoms. The van der Waals surface area contributed by atoms with Gasteiger partial charge in [-0.15, -0.1) is 0 Å². The maximum absolute atomic E-state index is 13.0. The van der Waals surface area contributed by atoms with Crippen LogP contribution in [0.4, 0.5) is 0 Å². The van der Waals surface area contributed by atoms with Crippen molar-refractivity contribution < 1.29 is 73.8 Å². The lowest BCUT2D eigenvalue weighted by molar-refractivity contribution is -0.332. The van der Waals surface area contributed by atoms with Crippen molar-refractivity contribution in [1.29, 1.82) is 0 Å². The van der Waals surface area contributed by atoms with E-state index in [0.29, 0.717) is 12.8 Å². The molecule has 2 fully saturated rings. The Hall–Kier alpha value is -2.28. The van der Waals surface area contributed by atoms with Gasteiger partial charge in [0.2, 0.25) is 0 Å². The third-order valence-corrected chi connectivity index (χ3v) is 13.2. The molecule has 2 aliphatic heterocycles. The van der Waals surface area contributed by atoms with Crippen LogP contribution in [0.1, 0.15) is 206 Å². The monoisotopic (exact) mass is 999 g/mol. The highest BCUT2D eigenvalue weighted by molar-refractivity contribution is 5.70. The molecule has 0 aromatic heterocycles. The fourth-order valence-electron chi connectivity index (χ4n) is 8.69. The molecule has 15 heteroatoms. The summed E-state index contributed by atoms with van der Waals surface area (Å²) in [7, 11) is 0. The minimum Gasteiger partial charge on any atom is -0.462 e. The van der Waals surface area contributed by atoms with Crippen molar-refractivity contribution in [3.63, 3.8) is 0 Å². The van der Waals surface area contributed by atoms with Crippen LogP contribution >= 0.6 is 0 Å². The lowest BCUT2D eigenvalue weighted by Gasteiger charge is -2.42. The SMILES string of the molecule is CC/C=C/C=C/C=C/CCCCCCCC(=O)OC(COC(=O)CCCCCCCCCCCCCCCCCCCCCCC)CO[C@@H]1O[C@H](CO[C@@H]2O[C@H](CO)[C@H](O)C(O)C2O)[C@H](O)C(O)C1O. The summed E-state index contributed by atoms with van der Waals surface area (Å²) in [6.07, 6.45) is 29.0. The maximum atomic E-state index is 13.0. The van der Waals surface area contributed by atoms with Crippen LogP contribution in [-0.2, 0) is 38.0 Å². The van der Waals surface area contributed by atoms with Crippen LogP contribution < -0.4 is 0 Å². The second kappa shape index (κ2) is 42.1. The molecular formula is C55H98O15. The standard InChI is InChI=1S/C55H98O15/c1-3-5-7-9-11-13-15-17-18-19-20-21-22-23-24-26-27-29-31-33-35-37-46(57)65-40-43(68-47(58)38-36-34-32-30-28-25-16-14-12-10-8-6-4-2)41-66-54-53(64)51(62)49(60)45(70-54)42-67-55-52(63)50(61)48(59)44(39-56)69-55/h6,8,10,12,14,16,43-45,48-56,59-64H,3-5,7,9,11,13,15,17-42H2,1-2H3/b8-6+,12-10+,16-14+/t43?,44-,45-,48+,49+,50?,51?,52?,53?,54-,55-/m1/s1. The number of rotatable bonds is 43. The molecule has 0 radical (unpaired) electrons. The van der Waals surface area contributed by atoms with Gasteiger partial charge in [0, 0.05) is 12.8 Å². The molecule has 0 amide bonds. The Morgan fingerprint density at radius 2 is 0.900 bits per heavy atom. The summed E-state index contributed by atoms with van der Waals surface area (Å²) in [6.45, 7) is 2.46. The van der Waals surface area contributed by atoms with Gasteiger partial charge in [-0.05, 0) is 32.1 Å². The lowest BCUT2D eigenvalue weighted by atomic mass is 9.98. The Kier molecular flexibility index (Phi) is 38.4. The normalized spacial score (nSPS) is 25.6. The molecular weight excluding hydrogens is 901 g/mol. The van der Waals surface area contributed by atoms with E-state index in [9.17, 15) is 45.3 Å². The number of esters is 2. The van der Waals surface area contributed by atoms with Crippen molar-refractivity contribution >= 4 is 11.9 Å². The van der Waals surface area contributed by atoms with Gasteiger partial charge in [-0.3, -0.25) is 9.59 Å². The zero-order valence-electron chi connectivity index (χ0n) is 43.3. The van der Waals surface area contributed by atoms with Crippen LogP contribution in [0.15, 0.2) is 36.5 Å². The second-order valence-electron chi connectivity index (χ2n) is 19.5. The zero-order chi connectivity index (χ0) is 51.0. The number of allylic oxidation sites excluding steroid dienone is 6. The first-order valence-electron chi connectivity index (χ1n) is 27.6.